The van der Waals surface area contributed by atoms with Crippen LogP contribution in [0.15, 0.2) is 35.5 Å². The van der Waals surface area contributed by atoms with Crippen LogP contribution in [0.25, 0.3) is 44.1 Å². The average Bonchev–Trinajstić information content (AvgIpc) is 3.46. The maximum absolute atomic E-state index is 15.6. The zero-order chi connectivity index (χ0) is 31.7. The molecule has 1 fully saturated rings. The highest BCUT2D eigenvalue weighted by molar-refractivity contribution is 6.18. The monoisotopic (exact) mass is 623 g/mol. The maximum Gasteiger partial charge on any atom is 0.196 e. The van der Waals surface area contributed by atoms with Crippen molar-refractivity contribution in [1.82, 2.24) is 24.8 Å². The summed E-state index contributed by atoms with van der Waals surface area (Å²) in [6.07, 6.45) is 4.98. The fourth-order valence-corrected chi connectivity index (χ4v) is 5.94. The molecule has 1 aliphatic rings. The van der Waals surface area contributed by atoms with Crippen LogP contribution in [-0.4, -0.2) is 91.6 Å². The van der Waals surface area contributed by atoms with Crippen LogP contribution in [0.2, 0.25) is 0 Å². The van der Waals surface area contributed by atoms with Crippen molar-refractivity contribution in [2.24, 2.45) is 0 Å². The number of hydrogen-bond donors (Lipinski definition) is 4. The molecule has 238 valence electrons. The standard InChI is InChI=1S/C31H35F2N7O5/c1-34-23-9-22(32)26(33)24-25-28(39(2)5-7-43-3)21(11-36-30(25)38-27(23)24)17-8-20-29(42)18(14-45-16-41)12-40(31(20)37-10-17)13-19-15-44-6-4-35-19/h8-12,19,34-35,41H,4-7,13-16H2,1-3H3,(H,36,38). The summed E-state index contributed by atoms with van der Waals surface area (Å²) in [7, 11) is 5.05. The summed E-state index contributed by atoms with van der Waals surface area (Å²) in [5.41, 5.74) is 3.35. The summed E-state index contributed by atoms with van der Waals surface area (Å²) in [4.78, 5) is 28.1. The van der Waals surface area contributed by atoms with E-state index in [9.17, 15) is 14.3 Å². The number of fused-ring (bicyclic) bond motifs is 4. The van der Waals surface area contributed by atoms with Gasteiger partial charge in [-0.05, 0) is 6.07 Å². The number of nitrogens with one attached hydrogen (secondary N) is 3. The van der Waals surface area contributed by atoms with Crippen LogP contribution in [0.5, 0.6) is 0 Å². The molecule has 5 heterocycles. The molecule has 0 aliphatic carbocycles. The van der Waals surface area contributed by atoms with E-state index in [1.165, 1.54) is 0 Å². The number of morpholine rings is 1. The number of methoxy groups -OCH3 is 1. The number of aromatic nitrogens is 4. The van der Waals surface area contributed by atoms with Crippen LogP contribution in [0.3, 0.4) is 0 Å². The minimum absolute atomic E-state index is 0.00449. The molecule has 0 saturated carbocycles. The number of ether oxygens (including phenoxy) is 3. The van der Waals surface area contributed by atoms with Gasteiger partial charge in [-0.25, -0.2) is 18.7 Å². The lowest BCUT2D eigenvalue weighted by molar-refractivity contribution is -0.0116. The molecule has 1 aromatic carbocycles. The van der Waals surface area contributed by atoms with Gasteiger partial charge in [0, 0.05) is 88.2 Å². The first kappa shape index (κ1) is 30.8. The second kappa shape index (κ2) is 13.0. The van der Waals surface area contributed by atoms with Crippen molar-refractivity contribution in [2.75, 3.05) is 71.1 Å². The Hall–Kier alpha value is -4.21. The van der Waals surface area contributed by atoms with Gasteiger partial charge in [0.25, 0.3) is 0 Å². The first-order chi connectivity index (χ1) is 21.9. The number of H-pyrrole nitrogens is 1. The van der Waals surface area contributed by atoms with E-state index in [1.807, 2.05) is 16.5 Å². The molecule has 12 nitrogen and oxygen atoms in total. The second-order valence-electron chi connectivity index (χ2n) is 10.9. The molecule has 0 bridgehead atoms. The van der Waals surface area contributed by atoms with Crippen LogP contribution < -0.4 is 21.0 Å². The number of aromatic amines is 1. The van der Waals surface area contributed by atoms with Gasteiger partial charge in [-0.2, -0.15) is 0 Å². The molecule has 5 aromatic rings. The number of likely N-dealkylation sites (N-methyl/N-ethyl adjacent to an activating group) is 1. The summed E-state index contributed by atoms with van der Waals surface area (Å²) in [5.74, 6) is -1.99. The van der Waals surface area contributed by atoms with E-state index < -0.39 is 18.4 Å². The van der Waals surface area contributed by atoms with E-state index in [0.717, 1.165) is 6.07 Å². The molecule has 1 saturated heterocycles. The molecule has 1 atom stereocenters. The molecule has 4 aromatic heterocycles. The molecule has 1 aliphatic heterocycles. The number of halogens is 2. The Morgan fingerprint density at radius 1 is 1.24 bits per heavy atom. The summed E-state index contributed by atoms with van der Waals surface area (Å²) in [5, 5.41) is 16.4. The Morgan fingerprint density at radius 3 is 2.82 bits per heavy atom. The highest BCUT2D eigenvalue weighted by atomic mass is 19.2. The van der Waals surface area contributed by atoms with Gasteiger partial charge < -0.3 is 44.4 Å². The van der Waals surface area contributed by atoms with E-state index in [0.29, 0.717) is 95.1 Å². The third-order valence-corrected chi connectivity index (χ3v) is 8.11. The number of anilines is 2. The van der Waals surface area contributed by atoms with Crippen molar-refractivity contribution < 1.29 is 28.1 Å². The van der Waals surface area contributed by atoms with Crippen LogP contribution in [0.4, 0.5) is 20.2 Å². The third-order valence-electron chi connectivity index (χ3n) is 8.11. The molecule has 6 rings (SSSR count). The Balaban J connectivity index is 1.59. The van der Waals surface area contributed by atoms with E-state index in [2.05, 4.69) is 20.6 Å². The molecule has 0 amide bonds. The first-order valence-corrected chi connectivity index (χ1v) is 14.6. The minimum atomic E-state index is -0.996. The van der Waals surface area contributed by atoms with E-state index in [1.54, 1.807) is 38.8 Å². The molecule has 14 heteroatoms. The summed E-state index contributed by atoms with van der Waals surface area (Å²) in [6.45, 7) is 2.51. The van der Waals surface area contributed by atoms with Gasteiger partial charge in [0.05, 0.1) is 59.5 Å². The van der Waals surface area contributed by atoms with Crippen LogP contribution >= 0.6 is 0 Å². The fourth-order valence-electron chi connectivity index (χ4n) is 5.94. The predicted octanol–water partition coefficient (Wildman–Crippen LogP) is 2.95. The Morgan fingerprint density at radius 2 is 2.09 bits per heavy atom. The number of rotatable bonds is 11. The van der Waals surface area contributed by atoms with E-state index in [4.69, 9.17) is 19.2 Å². The topological polar surface area (TPSA) is 139 Å². The van der Waals surface area contributed by atoms with E-state index >= 15 is 4.39 Å². The predicted molar refractivity (Wildman–Crippen MR) is 168 cm³/mol. The van der Waals surface area contributed by atoms with Gasteiger partial charge in [-0.1, -0.05) is 0 Å². The molecule has 0 spiro atoms. The highest BCUT2D eigenvalue weighted by Gasteiger charge is 2.25. The van der Waals surface area contributed by atoms with Crippen molar-refractivity contribution in [1.29, 1.82) is 0 Å². The first-order valence-electron chi connectivity index (χ1n) is 14.6. The molecule has 4 N–H and O–H groups in total. The normalized spacial score (nSPS) is 15.4. The summed E-state index contributed by atoms with van der Waals surface area (Å²) < 4.78 is 48.4. The van der Waals surface area contributed by atoms with E-state index in [-0.39, 0.29) is 23.5 Å². The van der Waals surface area contributed by atoms with Crippen molar-refractivity contribution >= 4 is 44.3 Å². The number of benzene rings is 1. The Kier molecular flexibility index (Phi) is 8.92. The minimum Gasteiger partial charge on any atom is -0.386 e. The number of pyridine rings is 3. The number of nitrogens with zero attached hydrogens (tertiary/aromatic N) is 4. The number of aliphatic hydroxyl groups excluding tert-OH is 1. The Bertz CT molecular complexity index is 1920. The van der Waals surface area contributed by atoms with Crippen molar-refractivity contribution in [2.45, 2.75) is 19.2 Å². The zero-order valence-corrected chi connectivity index (χ0v) is 25.2. The van der Waals surface area contributed by atoms with Gasteiger partial charge in [0.1, 0.15) is 18.1 Å². The van der Waals surface area contributed by atoms with Gasteiger partial charge in [-0.3, -0.25) is 4.79 Å². The zero-order valence-electron chi connectivity index (χ0n) is 25.2. The van der Waals surface area contributed by atoms with Crippen LogP contribution in [-0.2, 0) is 27.4 Å². The van der Waals surface area contributed by atoms with Crippen LogP contribution in [0.1, 0.15) is 5.56 Å². The maximum atomic E-state index is 15.6. The van der Waals surface area contributed by atoms with Crippen LogP contribution in [0, 0.1) is 11.6 Å². The highest BCUT2D eigenvalue weighted by Crippen LogP contribution is 2.42. The summed E-state index contributed by atoms with van der Waals surface area (Å²) >= 11 is 0. The second-order valence-corrected chi connectivity index (χ2v) is 10.9. The van der Waals surface area contributed by atoms with Gasteiger partial charge in [0.15, 0.2) is 17.1 Å². The summed E-state index contributed by atoms with van der Waals surface area (Å²) in [6, 6.07) is 2.84. The molecule has 0 radical (unpaired) electrons. The average molecular weight is 624 g/mol. The number of hydrogen-bond acceptors (Lipinski definition) is 10. The van der Waals surface area contributed by atoms with Crippen molar-refractivity contribution in [3.05, 3.63) is 58.1 Å². The quantitative estimate of drug-likeness (QED) is 0.163. The fraction of sp³-hybridized carbons (Fsp3) is 0.387. The molecular formula is C31H35F2N7O5. The third kappa shape index (κ3) is 5.71. The van der Waals surface area contributed by atoms with Gasteiger partial charge in [-0.15, -0.1) is 0 Å². The largest absolute Gasteiger partial charge is 0.386 e. The van der Waals surface area contributed by atoms with Crippen molar-refractivity contribution in [3.8, 4) is 11.1 Å². The lowest BCUT2D eigenvalue weighted by Crippen LogP contribution is -2.44. The SMILES string of the molecule is CNc1cc(F)c(F)c2c1[nH]c1ncc(-c3cnc4c(c3)c(=O)c(COCO)cn4CC3COCCN3)c(N(C)CCOC)c12. The van der Waals surface area contributed by atoms with Gasteiger partial charge >= 0.3 is 0 Å². The molecule has 1 unspecified atom stereocenters. The smallest absolute Gasteiger partial charge is 0.196 e. The lowest BCUT2D eigenvalue weighted by Gasteiger charge is -2.26. The molecular weight excluding hydrogens is 588 g/mol. The van der Waals surface area contributed by atoms with Crippen molar-refractivity contribution in [3.63, 3.8) is 0 Å². The molecule has 45 heavy (non-hydrogen) atoms. The lowest BCUT2D eigenvalue weighted by atomic mass is 10.0. The van der Waals surface area contributed by atoms with Gasteiger partial charge in [0.2, 0.25) is 0 Å². The Labute approximate surface area is 256 Å². The number of aliphatic hydroxyl groups is 1.